The van der Waals surface area contributed by atoms with E-state index < -0.39 is 9.84 Å². The Morgan fingerprint density at radius 3 is 2.28 bits per heavy atom. The van der Waals surface area contributed by atoms with E-state index in [-0.39, 0.29) is 16.8 Å². The molecular weight excluding hydrogens is 406 g/mol. The van der Waals surface area contributed by atoms with Crippen LogP contribution in [0, 0.1) is 0 Å². The van der Waals surface area contributed by atoms with Gasteiger partial charge in [-0.05, 0) is 58.7 Å². The van der Waals surface area contributed by atoms with E-state index in [9.17, 15) is 13.2 Å². The van der Waals surface area contributed by atoms with E-state index in [0.29, 0.717) is 15.8 Å². The summed E-state index contributed by atoms with van der Waals surface area (Å²) in [7, 11) is 0.0217. The highest BCUT2D eigenvalue weighted by Crippen LogP contribution is 2.27. The Labute approximate surface area is 156 Å². The molecule has 0 radical (unpaired) electrons. The number of halogens is 1. The molecule has 1 amide bonds. The first-order valence-electron chi connectivity index (χ1n) is 7.56. The summed E-state index contributed by atoms with van der Waals surface area (Å²) in [6.45, 7) is 1.89. The lowest BCUT2D eigenvalue weighted by atomic mass is 10.1. The summed E-state index contributed by atoms with van der Waals surface area (Å²) in [4.78, 5) is 14.7. The van der Waals surface area contributed by atoms with Crippen molar-refractivity contribution in [1.29, 1.82) is 0 Å². The van der Waals surface area contributed by atoms with Gasteiger partial charge in [-0.1, -0.05) is 12.1 Å². The van der Waals surface area contributed by atoms with E-state index in [1.807, 2.05) is 6.92 Å². The minimum atomic E-state index is -3.24. The van der Waals surface area contributed by atoms with Gasteiger partial charge in [0.15, 0.2) is 9.84 Å². The highest BCUT2D eigenvalue weighted by atomic mass is 79.9. The van der Waals surface area contributed by atoms with Gasteiger partial charge in [0.2, 0.25) is 0 Å². The van der Waals surface area contributed by atoms with Crippen LogP contribution in [0.3, 0.4) is 0 Å². The number of nitrogens with zero attached hydrogens (tertiary/aromatic N) is 1. The molecule has 2 aromatic rings. The number of rotatable bonds is 5. The van der Waals surface area contributed by atoms with E-state index in [0.717, 1.165) is 5.56 Å². The summed E-state index contributed by atoms with van der Waals surface area (Å²) in [6.07, 6.45) is 1.17. The number of ether oxygens (including phenoxy) is 1. The van der Waals surface area contributed by atoms with Crippen LogP contribution < -0.4 is 4.74 Å². The zero-order valence-electron chi connectivity index (χ0n) is 14.5. The molecule has 0 N–H and O–H groups in total. The molecule has 7 heteroatoms. The quantitative estimate of drug-likeness (QED) is 0.732. The molecule has 0 aliphatic carbocycles. The van der Waals surface area contributed by atoms with Crippen LogP contribution in [-0.2, 0) is 9.84 Å². The Bertz CT molecular complexity index is 878. The van der Waals surface area contributed by atoms with Crippen LogP contribution in [0.15, 0.2) is 51.8 Å². The van der Waals surface area contributed by atoms with Crippen molar-refractivity contribution >= 4 is 31.7 Å². The molecule has 2 rings (SSSR count). The Hall–Kier alpha value is -1.86. The second kappa shape index (κ2) is 7.58. The molecule has 2 aromatic carbocycles. The van der Waals surface area contributed by atoms with Crippen LogP contribution in [0.1, 0.15) is 28.9 Å². The summed E-state index contributed by atoms with van der Waals surface area (Å²) in [5, 5.41) is 0. The molecule has 1 atom stereocenters. The van der Waals surface area contributed by atoms with Gasteiger partial charge in [-0.2, -0.15) is 0 Å². The fraction of sp³-hybridized carbons (Fsp3) is 0.278. The third-order valence-corrected chi connectivity index (χ3v) is 5.92. The fourth-order valence-electron chi connectivity index (χ4n) is 2.38. The predicted octanol–water partition coefficient (Wildman–Crippen LogP) is 3.69. The van der Waals surface area contributed by atoms with Gasteiger partial charge in [-0.15, -0.1) is 0 Å². The van der Waals surface area contributed by atoms with Crippen molar-refractivity contribution in [3.8, 4) is 5.75 Å². The molecule has 5 nitrogen and oxygen atoms in total. The summed E-state index contributed by atoms with van der Waals surface area (Å²) >= 11 is 3.40. The van der Waals surface area contributed by atoms with E-state index >= 15 is 0 Å². The van der Waals surface area contributed by atoms with Gasteiger partial charge in [0.1, 0.15) is 5.75 Å². The van der Waals surface area contributed by atoms with Crippen molar-refractivity contribution in [1.82, 2.24) is 4.90 Å². The monoisotopic (exact) mass is 425 g/mol. The standard InChI is InChI=1S/C18H20BrNO4S/c1-12(13-5-8-15(9-6-13)25(4,22)23)20(2)18(21)16-11-14(24-3)7-10-17(16)19/h5-12H,1-4H3/t12-/m0/s1. The highest BCUT2D eigenvalue weighted by molar-refractivity contribution is 9.10. The van der Waals surface area contributed by atoms with Gasteiger partial charge in [-0.3, -0.25) is 4.79 Å². The molecule has 0 saturated carbocycles. The number of benzene rings is 2. The van der Waals surface area contributed by atoms with Crippen LogP contribution >= 0.6 is 15.9 Å². The smallest absolute Gasteiger partial charge is 0.255 e. The number of methoxy groups -OCH3 is 1. The largest absolute Gasteiger partial charge is 0.497 e. The first-order valence-corrected chi connectivity index (χ1v) is 10.2. The second-order valence-electron chi connectivity index (χ2n) is 5.78. The predicted molar refractivity (Wildman–Crippen MR) is 101 cm³/mol. The number of amides is 1. The molecule has 0 saturated heterocycles. The Morgan fingerprint density at radius 1 is 1.16 bits per heavy atom. The molecule has 0 heterocycles. The summed E-state index contributed by atoms with van der Waals surface area (Å²) < 4.78 is 29.0. The first kappa shape index (κ1) is 19.5. The zero-order chi connectivity index (χ0) is 18.8. The maximum Gasteiger partial charge on any atom is 0.255 e. The molecule has 0 aliphatic rings. The Balaban J connectivity index is 2.27. The number of carbonyl (C=O) groups excluding carboxylic acids is 1. The normalized spacial score (nSPS) is 12.5. The SMILES string of the molecule is COc1ccc(Br)c(C(=O)N(C)[C@@H](C)c2ccc(S(C)(=O)=O)cc2)c1. The summed E-state index contributed by atoms with van der Waals surface area (Å²) in [5.41, 5.74) is 1.35. The third kappa shape index (κ3) is 4.41. The lowest BCUT2D eigenvalue weighted by molar-refractivity contribution is 0.0741. The van der Waals surface area contributed by atoms with Crippen LogP contribution in [-0.4, -0.2) is 39.6 Å². The van der Waals surface area contributed by atoms with Crippen molar-refractivity contribution < 1.29 is 17.9 Å². The minimum absolute atomic E-state index is 0.162. The number of hydrogen-bond donors (Lipinski definition) is 0. The maximum absolute atomic E-state index is 12.8. The third-order valence-electron chi connectivity index (χ3n) is 4.10. The first-order chi connectivity index (χ1) is 11.6. The van der Waals surface area contributed by atoms with Gasteiger partial charge in [0.25, 0.3) is 5.91 Å². The zero-order valence-corrected chi connectivity index (χ0v) is 16.9. The molecule has 0 aliphatic heterocycles. The Kier molecular flexibility index (Phi) is 5.90. The van der Waals surface area contributed by atoms with E-state index in [4.69, 9.17) is 4.74 Å². The van der Waals surface area contributed by atoms with Crippen LogP contribution in [0.25, 0.3) is 0 Å². The Morgan fingerprint density at radius 2 is 1.76 bits per heavy atom. The van der Waals surface area contributed by atoms with E-state index in [2.05, 4.69) is 15.9 Å². The van der Waals surface area contributed by atoms with Crippen molar-refractivity contribution in [2.75, 3.05) is 20.4 Å². The molecule has 0 spiro atoms. The molecule has 0 fully saturated rings. The second-order valence-corrected chi connectivity index (χ2v) is 8.65. The van der Waals surface area contributed by atoms with Gasteiger partial charge >= 0.3 is 0 Å². The fourth-order valence-corrected chi connectivity index (χ4v) is 3.42. The van der Waals surface area contributed by atoms with Crippen LogP contribution in [0.4, 0.5) is 0 Å². The summed E-state index contributed by atoms with van der Waals surface area (Å²) in [6, 6.07) is 11.6. The number of hydrogen-bond acceptors (Lipinski definition) is 4. The van der Waals surface area contributed by atoms with Gasteiger partial charge in [0, 0.05) is 17.8 Å². The maximum atomic E-state index is 12.8. The topological polar surface area (TPSA) is 63.7 Å². The lowest BCUT2D eigenvalue weighted by Gasteiger charge is -2.26. The number of carbonyl (C=O) groups is 1. The molecule has 0 aromatic heterocycles. The van der Waals surface area contributed by atoms with Gasteiger partial charge in [0.05, 0.1) is 23.6 Å². The molecular formula is C18H20BrNO4S. The molecule has 134 valence electrons. The van der Waals surface area contributed by atoms with Crippen molar-refractivity contribution in [2.45, 2.75) is 17.9 Å². The average Bonchev–Trinajstić information content (AvgIpc) is 2.59. The molecule has 0 unspecified atom stereocenters. The number of sulfone groups is 1. The summed E-state index contributed by atoms with van der Waals surface area (Å²) in [5.74, 6) is 0.440. The average molecular weight is 426 g/mol. The van der Waals surface area contributed by atoms with Crippen molar-refractivity contribution in [2.24, 2.45) is 0 Å². The van der Waals surface area contributed by atoms with E-state index in [1.165, 1.54) is 6.26 Å². The lowest BCUT2D eigenvalue weighted by Crippen LogP contribution is -2.30. The van der Waals surface area contributed by atoms with Crippen molar-refractivity contribution in [3.05, 3.63) is 58.1 Å². The van der Waals surface area contributed by atoms with Crippen LogP contribution in [0.5, 0.6) is 5.75 Å². The van der Waals surface area contributed by atoms with Gasteiger partial charge < -0.3 is 9.64 Å². The minimum Gasteiger partial charge on any atom is -0.497 e. The molecule has 25 heavy (non-hydrogen) atoms. The van der Waals surface area contributed by atoms with Gasteiger partial charge in [-0.25, -0.2) is 8.42 Å². The van der Waals surface area contributed by atoms with E-state index in [1.54, 1.807) is 61.5 Å². The molecule has 0 bridgehead atoms. The highest BCUT2D eigenvalue weighted by Gasteiger charge is 2.21. The van der Waals surface area contributed by atoms with Crippen LogP contribution in [0.2, 0.25) is 0 Å². The van der Waals surface area contributed by atoms with Crippen molar-refractivity contribution in [3.63, 3.8) is 0 Å².